The summed E-state index contributed by atoms with van der Waals surface area (Å²) in [5.74, 6) is 0.0661. The molecule has 0 aromatic carbocycles. The molecule has 0 spiro atoms. The lowest BCUT2D eigenvalue weighted by atomic mass is 10.2. The second-order valence-corrected chi connectivity index (χ2v) is 5.29. The van der Waals surface area contributed by atoms with Crippen LogP contribution in [0, 0.1) is 0 Å². The highest BCUT2D eigenvalue weighted by Crippen LogP contribution is 2.33. The van der Waals surface area contributed by atoms with Gasteiger partial charge in [0.2, 0.25) is 0 Å². The van der Waals surface area contributed by atoms with Crippen molar-refractivity contribution in [1.82, 2.24) is 19.5 Å². The zero-order chi connectivity index (χ0) is 15.5. The number of nitrogens with zero attached hydrogens (tertiary/aromatic N) is 4. The number of nitrogens with two attached hydrogens (primary N) is 1. The number of esters is 1. The Balaban J connectivity index is 1.64. The predicted molar refractivity (Wildman–Crippen MR) is 79.0 cm³/mol. The fraction of sp³-hybridized carbons (Fsp3) is 0.571. The molecule has 2 heterocycles. The molecule has 2 aromatic rings. The number of carbonyl (C=O) groups is 1. The van der Waals surface area contributed by atoms with Crippen molar-refractivity contribution in [2.75, 3.05) is 18.9 Å². The molecular weight excluding hydrogens is 286 g/mol. The van der Waals surface area contributed by atoms with Crippen LogP contribution in [0.15, 0.2) is 12.7 Å². The number of rotatable bonds is 5. The molecule has 8 heteroatoms. The minimum absolute atomic E-state index is 0.00498. The highest BCUT2D eigenvalue weighted by molar-refractivity contribution is 5.81. The molecule has 2 N–H and O–H groups in total. The van der Waals surface area contributed by atoms with E-state index in [0.717, 1.165) is 24.9 Å². The third kappa shape index (κ3) is 2.87. The van der Waals surface area contributed by atoms with E-state index < -0.39 is 0 Å². The molecule has 22 heavy (non-hydrogen) atoms. The van der Waals surface area contributed by atoms with E-state index in [0.29, 0.717) is 17.9 Å². The van der Waals surface area contributed by atoms with Gasteiger partial charge in [0.05, 0.1) is 19.0 Å². The number of imidazole rings is 1. The number of aromatic nitrogens is 4. The quantitative estimate of drug-likeness (QED) is 0.824. The van der Waals surface area contributed by atoms with Gasteiger partial charge >= 0.3 is 5.97 Å². The fourth-order valence-electron chi connectivity index (χ4n) is 2.85. The maximum Gasteiger partial charge on any atom is 0.332 e. The number of nitrogen functional groups attached to an aromatic ring is 1. The average molecular weight is 305 g/mol. The summed E-state index contributed by atoms with van der Waals surface area (Å²) in [6.07, 6.45) is 5.89. The first-order chi connectivity index (χ1) is 10.7. The summed E-state index contributed by atoms with van der Waals surface area (Å²) in [5, 5.41) is 0. The Kier molecular flexibility index (Phi) is 4.19. The Morgan fingerprint density at radius 1 is 1.41 bits per heavy atom. The van der Waals surface area contributed by atoms with E-state index >= 15 is 0 Å². The Hall–Kier alpha value is -2.22. The van der Waals surface area contributed by atoms with Gasteiger partial charge < -0.3 is 19.8 Å². The molecule has 3 rings (SSSR count). The second-order valence-electron chi connectivity index (χ2n) is 5.29. The zero-order valence-electron chi connectivity index (χ0n) is 12.4. The van der Waals surface area contributed by atoms with Gasteiger partial charge in [-0.15, -0.1) is 0 Å². The summed E-state index contributed by atoms with van der Waals surface area (Å²) in [6, 6.07) is 0.242. The number of carbonyl (C=O) groups excluding carboxylic acids is 1. The van der Waals surface area contributed by atoms with Crippen LogP contribution < -0.4 is 5.73 Å². The summed E-state index contributed by atoms with van der Waals surface area (Å²) in [4.78, 5) is 23.8. The van der Waals surface area contributed by atoms with Gasteiger partial charge in [-0.3, -0.25) is 0 Å². The lowest BCUT2D eigenvalue weighted by Gasteiger charge is -2.14. The monoisotopic (exact) mass is 305 g/mol. The van der Waals surface area contributed by atoms with Crippen molar-refractivity contribution < 1.29 is 14.3 Å². The molecule has 8 nitrogen and oxygen atoms in total. The van der Waals surface area contributed by atoms with Gasteiger partial charge in [0.15, 0.2) is 11.5 Å². The molecule has 1 aliphatic rings. The fourth-order valence-corrected chi connectivity index (χ4v) is 2.85. The van der Waals surface area contributed by atoms with Crippen molar-refractivity contribution in [2.45, 2.75) is 38.3 Å². The first-order valence-corrected chi connectivity index (χ1v) is 7.39. The Morgan fingerprint density at radius 2 is 2.27 bits per heavy atom. The van der Waals surface area contributed by atoms with Crippen molar-refractivity contribution in [3.8, 4) is 0 Å². The Labute approximate surface area is 127 Å². The Bertz CT molecular complexity index is 672. The lowest BCUT2D eigenvalue weighted by Crippen LogP contribution is -2.18. The van der Waals surface area contributed by atoms with Gasteiger partial charge in [-0.05, 0) is 26.2 Å². The van der Waals surface area contributed by atoms with Crippen LogP contribution in [0.1, 0.15) is 32.2 Å². The van der Waals surface area contributed by atoms with Gasteiger partial charge in [-0.1, -0.05) is 0 Å². The maximum absolute atomic E-state index is 11.3. The van der Waals surface area contributed by atoms with Gasteiger partial charge in [-0.25, -0.2) is 19.7 Å². The molecular formula is C14H19N5O3. The van der Waals surface area contributed by atoms with Crippen molar-refractivity contribution in [2.24, 2.45) is 0 Å². The maximum atomic E-state index is 11.3. The lowest BCUT2D eigenvalue weighted by molar-refractivity contribution is -0.150. The average Bonchev–Trinajstić information content (AvgIpc) is 3.12. The molecule has 2 unspecified atom stereocenters. The van der Waals surface area contributed by atoms with Gasteiger partial charge in [0.25, 0.3) is 0 Å². The summed E-state index contributed by atoms with van der Waals surface area (Å²) in [7, 11) is 0. The third-order valence-electron chi connectivity index (χ3n) is 3.88. The normalized spacial score (nSPS) is 21.3. The van der Waals surface area contributed by atoms with Crippen LogP contribution in [0.3, 0.4) is 0 Å². The number of fused-ring (bicyclic) bond motifs is 1. The first kappa shape index (κ1) is 14.7. The standard InChI is InChI=1S/C14H19N5O3/c1-2-21-11(20)6-22-10-4-3-9(5-10)19-8-18-12-13(15)16-7-17-14(12)19/h7-10H,2-6H2,1H3,(H2,15,16,17). The number of anilines is 1. The smallest absolute Gasteiger partial charge is 0.332 e. The van der Waals surface area contributed by atoms with E-state index in [1.807, 2.05) is 4.57 Å². The molecule has 1 aliphatic carbocycles. The molecule has 118 valence electrons. The van der Waals surface area contributed by atoms with Gasteiger partial charge in [0.1, 0.15) is 18.5 Å². The zero-order valence-corrected chi connectivity index (χ0v) is 12.4. The topological polar surface area (TPSA) is 105 Å². The molecule has 2 aromatic heterocycles. The van der Waals surface area contributed by atoms with Crippen molar-refractivity contribution in [3.63, 3.8) is 0 Å². The summed E-state index contributed by atoms with van der Waals surface area (Å²) in [5.41, 5.74) is 7.16. The Morgan fingerprint density at radius 3 is 3.09 bits per heavy atom. The molecule has 1 saturated carbocycles. The molecule has 0 aliphatic heterocycles. The largest absolute Gasteiger partial charge is 0.464 e. The SMILES string of the molecule is CCOC(=O)COC1CCC(n2cnc3c(N)ncnc32)C1. The minimum atomic E-state index is -0.320. The van der Waals surface area contributed by atoms with E-state index in [4.69, 9.17) is 15.2 Å². The third-order valence-corrected chi connectivity index (χ3v) is 3.88. The first-order valence-electron chi connectivity index (χ1n) is 7.39. The van der Waals surface area contributed by atoms with Crippen molar-refractivity contribution in [1.29, 1.82) is 0 Å². The van der Waals surface area contributed by atoms with Crippen LogP contribution in [0.4, 0.5) is 5.82 Å². The highest BCUT2D eigenvalue weighted by atomic mass is 16.6. The highest BCUT2D eigenvalue weighted by Gasteiger charge is 2.28. The molecule has 0 amide bonds. The van der Waals surface area contributed by atoms with Crippen molar-refractivity contribution in [3.05, 3.63) is 12.7 Å². The van der Waals surface area contributed by atoms with E-state index in [9.17, 15) is 4.79 Å². The van der Waals surface area contributed by atoms with Crippen LogP contribution in [-0.2, 0) is 14.3 Å². The van der Waals surface area contributed by atoms with Gasteiger partial charge in [0, 0.05) is 6.04 Å². The molecule has 0 saturated heterocycles. The molecule has 1 fully saturated rings. The predicted octanol–water partition coefficient (Wildman–Crippen LogP) is 1.08. The minimum Gasteiger partial charge on any atom is -0.464 e. The number of hydrogen-bond acceptors (Lipinski definition) is 7. The van der Waals surface area contributed by atoms with E-state index in [1.54, 1.807) is 13.3 Å². The van der Waals surface area contributed by atoms with E-state index in [-0.39, 0.29) is 24.7 Å². The molecule has 0 radical (unpaired) electrons. The van der Waals surface area contributed by atoms with Crippen LogP contribution >= 0.6 is 0 Å². The van der Waals surface area contributed by atoms with Crippen LogP contribution in [0.2, 0.25) is 0 Å². The van der Waals surface area contributed by atoms with E-state index in [1.165, 1.54) is 6.33 Å². The number of ether oxygens (including phenoxy) is 2. The second kappa shape index (κ2) is 6.27. The summed E-state index contributed by atoms with van der Waals surface area (Å²) in [6.45, 7) is 2.16. The summed E-state index contributed by atoms with van der Waals surface area (Å²) < 4.78 is 12.5. The summed E-state index contributed by atoms with van der Waals surface area (Å²) >= 11 is 0. The number of hydrogen-bond donors (Lipinski definition) is 1. The van der Waals surface area contributed by atoms with Crippen LogP contribution in [-0.4, -0.2) is 44.8 Å². The van der Waals surface area contributed by atoms with Crippen molar-refractivity contribution >= 4 is 23.0 Å². The van der Waals surface area contributed by atoms with Gasteiger partial charge in [-0.2, -0.15) is 0 Å². The van der Waals surface area contributed by atoms with Crippen LogP contribution in [0.25, 0.3) is 11.2 Å². The van der Waals surface area contributed by atoms with E-state index in [2.05, 4.69) is 15.0 Å². The van der Waals surface area contributed by atoms with Crippen LogP contribution in [0.5, 0.6) is 0 Å². The molecule has 0 bridgehead atoms. The molecule has 2 atom stereocenters.